The van der Waals surface area contributed by atoms with E-state index in [9.17, 15) is 4.79 Å². The molecule has 1 saturated heterocycles. The van der Waals surface area contributed by atoms with E-state index in [-0.39, 0.29) is 0 Å². The quantitative estimate of drug-likeness (QED) is 0.202. The van der Waals surface area contributed by atoms with Gasteiger partial charge in [0.1, 0.15) is 18.6 Å². The summed E-state index contributed by atoms with van der Waals surface area (Å²) in [6.45, 7) is 4.72. The molecule has 1 fully saturated rings. The number of amidine groups is 1. The fourth-order valence-electron chi connectivity index (χ4n) is 4.13. The van der Waals surface area contributed by atoms with Crippen LogP contribution < -0.4 is 20.9 Å². The third-order valence-corrected chi connectivity index (χ3v) is 6.10. The lowest BCUT2D eigenvalue weighted by atomic mass is 9.92. The molecule has 2 aromatic carbocycles. The van der Waals surface area contributed by atoms with E-state index < -0.39 is 5.91 Å². The van der Waals surface area contributed by atoms with Crippen molar-refractivity contribution >= 4 is 11.7 Å². The Morgan fingerprint density at radius 3 is 2.03 bits per heavy atom. The standard InChI is InChI=1S/C26H36N4O4/c1-32-29-25(27)21-5-9-23(10-6-21)33-18-2-4-20-13-16-30(17-14-20)15-3-19-34-24-11-7-22(8-12-24)26(28)31/h5-12,20H,2-4,13-19H2,1H3,(H2,27,29)(H2,28,31). The molecule has 0 bridgehead atoms. The zero-order chi connectivity index (χ0) is 24.2. The summed E-state index contributed by atoms with van der Waals surface area (Å²) >= 11 is 0. The lowest BCUT2D eigenvalue weighted by Crippen LogP contribution is -2.35. The highest BCUT2D eigenvalue weighted by molar-refractivity contribution is 5.97. The van der Waals surface area contributed by atoms with Crippen LogP contribution in [0, 0.1) is 5.92 Å². The SMILES string of the molecule is CON=C(N)c1ccc(OCCCC2CCN(CCCOc3ccc(C(N)=O)cc3)CC2)cc1. The maximum Gasteiger partial charge on any atom is 0.248 e. The molecule has 8 nitrogen and oxygen atoms in total. The van der Waals surface area contributed by atoms with Gasteiger partial charge in [0.2, 0.25) is 5.91 Å². The lowest BCUT2D eigenvalue weighted by molar-refractivity contribution is 0.1000. The highest BCUT2D eigenvalue weighted by Crippen LogP contribution is 2.22. The zero-order valence-corrected chi connectivity index (χ0v) is 19.9. The van der Waals surface area contributed by atoms with Gasteiger partial charge in [-0.3, -0.25) is 4.79 Å². The van der Waals surface area contributed by atoms with Crippen molar-refractivity contribution in [3.05, 3.63) is 59.7 Å². The molecular formula is C26H36N4O4. The van der Waals surface area contributed by atoms with Gasteiger partial charge in [-0.2, -0.15) is 0 Å². The van der Waals surface area contributed by atoms with Gasteiger partial charge < -0.3 is 30.7 Å². The number of benzene rings is 2. The molecule has 0 atom stereocenters. The zero-order valence-electron chi connectivity index (χ0n) is 19.9. The molecule has 0 spiro atoms. The second-order valence-electron chi connectivity index (χ2n) is 8.55. The molecular weight excluding hydrogens is 432 g/mol. The van der Waals surface area contributed by atoms with Gasteiger partial charge in [-0.1, -0.05) is 5.16 Å². The van der Waals surface area contributed by atoms with E-state index in [1.807, 2.05) is 24.3 Å². The number of amides is 1. The van der Waals surface area contributed by atoms with Crippen LogP contribution in [0.25, 0.3) is 0 Å². The fourth-order valence-corrected chi connectivity index (χ4v) is 4.13. The number of nitrogens with zero attached hydrogens (tertiary/aromatic N) is 2. The van der Waals surface area contributed by atoms with Crippen LogP contribution in [-0.2, 0) is 4.84 Å². The largest absolute Gasteiger partial charge is 0.494 e. The minimum atomic E-state index is -0.423. The van der Waals surface area contributed by atoms with Gasteiger partial charge in [-0.25, -0.2) is 0 Å². The van der Waals surface area contributed by atoms with E-state index in [0.717, 1.165) is 62.1 Å². The minimum absolute atomic E-state index is 0.351. The smallest absolute Gasteiger partial charge is 0.248 e. The average Bonchev–Trinajstić information content (AvgIpc) is 2.86. The first kappa shape index (κ1) is 25.4. The molecule has 0 radical (unpaired) electrons. The van der Waals surface area contributed by atoms with Crippen molar-refractivity contribution in [2.45, 2.75) is 32.1 Å². The summed E-state index contributed by atoms with van der Waals surface area (Å²) in [5.41, 5.74) is 12.4. The number of ether oxygens (including phenoxy) is 2. The number of likely N-dealkylation sites (tertiary alicyclic amines) is 1. The molecule has 8 heteroatoms. The molecule has 1 heterocycles. The predicted octanol–water partition coefficient (Wildman–Crippen LogP) is 3.39. The molecule has 1 aliphatic rings. The van der Waals surface area contributed by atoms with Crippen LogP contribution in [0.5, 0.6) is 11.5 Å². The van der Waals surface area contributed by atoms with Gasteiger partial charge >= 0.3 is 0 Å². The second kappa shape index (κ2) is 13.4. The van der Waals surface area contributed by atoms with Crippen LogP contribution in [0.15, 0.2) is 53.7 Å². The van der Waals surface area contributed by atoms with E-state index in [2.05, 4.69) is 10.1 Å². The molecule has 2 aromatic rings. The number of rotatable bonds is 13. The Hall–Kier alpha value is -3.26. The highest BCUT2D eigenvalue weighted by Gasteiger charge is 2.18. The van der Waals surface area contributed by atoms with Crippen LogP contribution in [-0.4, -0.2) is 56.6 Å². The number of carbonyl (C=O) groups is 1. The van der Waals surface area contributed by atoms with Crippen LogP contribution in [0.3, 0.4) is 0 Å². The third kappa shape index (κ3) is 8.26. The van der Waals surface area contributed by atoms with Gasteiger partial charge in [0.25, 0.3) is 0 Å². The summed E-state index contributed by atoms with van der Waals surface area (Å²) < 4.78 is 11.6. The number of carbonyl (C=O) groups excluding carboxylic acids is 1. The minimum Gasteiger partial charge on any atom is -0.494 e. The molecule has 4 N–H and O–H groups in total. The summed E-state index contributed by atoms with van der Waals surface area (Å²) in [7, 11) is 1.47. The van der Waals surface area contributed by atoms with Crippen molar-refractivity contribution in [3.63, 3.8) is 0 Å². The Labute approximate surface area is 201 Å². The van der Waals surface area contributed by atoms with Crippen LogP contribution in [0.2, 0.25) is 0 Å². The molecule has 34 heavy (non-hydrogen) atoms. The van der Waals surface area contributed by atoms with E-state index >= 15 is 0 Å². The van der Waals surface area contributed by atoms with Crippen molar-refractivity contribution in [2.75, 3.05) is 40.0 Å². The van der Waals surface area contributed by atoms with E-state index in [1.54, 1.807) is 24.3 Å². The molecule has 3 rings (SSSR count). The van der Waals surface area contributed by atoms with Crippen molar-refractivity contribution < 1.29 is 19.1 Å². The lowest BCUT2D eigenvalue weighted by Gasteiger charge is -2.32. The molecule has 0 aliphatic carbocycles. The summed E-state index contributed by atoms with van der Waals surface area (Å²) in [4.78, 5) is 18.3. The number of hydrogen-bond donors (Lipinski definition) is 2. The maximum absolute atomic E-state index is 11.1. The van der Waals surface area contributed by atoms with Crippen molar-refractivity contribution in [1.82, 2.24) is 4.90 Å². The average molecular weight is 469 g/mol. The summed E-state index contributed by atoms with van der Waals surface area (Å²) in [5, 5.41) is 3.73. The van der Waals surface area contributed by atoms with Crippen molar-refractivity contribution in [1.29, 1.82) is 0 Å². The Balaban J connectivity index is 1.23. The third-order valence-electron chi connectivity index (χ3n) is 6.10. The maximum atomic E-state index is 11.1. The first-order valence-electron chi connectivity index (χ1n) is 11.9. The Bertz CT molecular complexity index is 907. The molecule has 0 aromatic heterocycles. The topological polar surface area (TPSA) is 112 Å². The number of hydrogen-bond acceptors (Lipinski definition) is 6. The molecule has 1 aliphatic heterocycles. The van der Waals surface area contributed by atoms with Crippen LogP contribution in [0.1, 0.15) is 48.0 Å². The van der Waals surface area contributed by atoms with Gasteiger partial charge in [0.15, 0.2) is 5.84 Å². The van der Waals surface area contributed by atoms with Gasteiger partial charge in [0.05, 0.1) is 13.2 Å². The fraction of sp³-hybridized carbons (Fsp3) is 0.462. The van der Waals surface area contributed by atoms with Gasteiger partial charge in [-0.05, 0) is 99.6 Å². The number of oxime groups is 1. The first-order chi connectivity index (χ1) is 16.5. The van der Waals surface area contributed by atoms with Gasteiger partial charge in [-0.15, -0.1) is 0 Å². The molecule has 0 saturated carbocycles. The summed E-state index contributed by atoms with van der Waals surface area (Å²) in [5.74, 6) is 2.31. The number of nitrogens with two attached hydrogens (primary N) is 2. The van der Waals surface area contributed by atoms with Crippen molar-refractivity contribution in [2.24, 2.45) is 22.5 Å². The summed E-state index contributed by atoms with van der Waals surface area (Å²) in [6, 6.07) is 14.5. The number of piperidine rings is 1. The van der Waals surface area contributed by atoms with Crippen LogP contribution >= 0.6 is 0 Å². The highest BCUT2D eigenvalue weighted by atomic mass is 16.6. The van der Waals surface area contributed by atoms with Crippen LogP contribution in [0.4, 0.5) is 0 Å². The molecule has 184 valence electrons. The number of primary amides is 1. The molecule has 0 unspecified atom stereocenters. The van der Waals surface area contributed by atoms with Crippen molar-refractivity contribution in [3.8, 4) is 11.5 Å². The van der Waals surface area contributed by atoms with E-state index in [0.29, 0.717) is 18.0 Å². The predicted molar refractivity (Wildman–Crippen MR) is 133 cm³/mol. The summed E-state index contributed by atoms with van der Waals surface area (Å²) in [6.07, 6.45) is 5.72. The Morgan fingerprint density at radius 1 is 0.912 bits per heavy atom. The normalized spacial score (nSPS) is 15.1. The Morgan fingerprint density at radius 2 is 1.47 bits per heavy atom. The van der Waals surface area contributed by atoms with Gasteiger partial charge in [0, 0.05) is 17.7 Å². The van der Waals surface area contributed by atoms with E-state index in [1.165, 1.54) is 26.4 Å². The molecule has 1 amide bonds. The Kier molecular flexibility index (Phi) is 10.0. The van der Waals surface area contributed by atoms with E-state index in [4.69, 9.17) is 25.8 Å². The first-order valence-corrected chi connectivity index (χ1v) is 11.9. The second-order valence-corrected chi connectivity index (χ2v) is 8.55. The monoisotopic (exact) mass is 468 g/mol.